The highest BCUT2D eigenvalue weighted by Crippen LogP contribution is 2.22. The van der Waals surface area contributed by atoms with Crippen molar-refractivity contribution in [2.24, 2.45) is 0 Å². The molecule has 3 heteroatoms. The lowest BCUT2D eigenvalue weighted by Gasteiger charge is -2.18. The Bertz CT molecular complexity index is 485. The highest BCUT2D eigenvalue weighted by molar-refractivity contribution is 6.31. The van der Waals surface area contributed by atoms with Gasteiger partial charge in [-0.05, 0) is 36.2 Å². The minimum Gasteiger partial charge on any atom is -0.310 e. The average Bonchev–Trinajstić information content (AvgIpc) is 2.42. The van der Waals surface area contributed by atoms with Gasteiger partial charge in [-0.25, -0.2) is 0 Å². The molecule has 0 fully saturated rings. The van der Waals surface area contributed by atoms with Crippen LogP contribution < -0.4 is 5.32 Å². The van der Waals surface area contributed by atoms with Crippen molar-refractivity contribution in [3.8, 4) is 0 Å². The van der Waals surface area contributed by atoms with Crippen molar-refractivity contribution in [2.45, 2.75) is 19.4 Å². The molecule has 0 aliphatic rings. The summed E-state index contributed by atoms with van der Waals surface area (Å²) in [5.74, 6) is 0. The number of hydrogen-bond donors (Lipinski definition) is 1. The van der Waals surface area contributed by atoms with Crippen LogP contribution in [0.25, 0.3) is 0 Å². The van der Waals surface area contributed by atoms with E-state index in [1.807, 2.05) is 30.5 Å². The summed E-state index contributed by atoms with van der Waals surface area (Å²) < 4.78 is 0. The van der Waals surface area contributed by atoms with Crippen molar-refractivity contribution >= 4 is 11.6 Å². The molecule has 1 atom stereocenters. The normalized spacial score (nSPS) is 12.3. The molecule has 0 spiro atoms. The van der Waals surface area contributed by atoms with Crippen molar-refractivity contribution in [2.75, 3.05) is 6.54 Å². The van der Waals surface area contributed by atoms with Crippen LogP contribution in [0.2, 0.25) is 5.02 Å². The van der Waals surface area contributed by atoms with Gasteiger partial charge >= 0.3 is 0 Å². The summed E-state index contributed by atoms with van der Waals surface area (Å²) >= 11 is 6.21. The quantitative estimate of drug-likeness (QED) is 0.888. The van der Waals surface area contributed by atoms with Gasteiger partial charge in [0.25, 0.3) is 0 Å². The number of hydrogen-bond acceptors (Lipinski definition) is 2. The Kier molecular flexibility index (Phi) is 4.73. The summed E-state index contributed by atoms with van der Waals surface area (Å²) in [5, 5.41) is 4.30. The molecule has 0 amide bonds. The van der Waals surface area contributed by atoms with Crippen LogP contribution in [0.5, 0.6) is 0 Å². The summed E-state index contributed by atoms with van der Waals surface area (Å²) in [5.41, 5.74) is 2.35. The van der Waals surface area contributed by atoms with Crippen molar-refractivity contribution in [3.05, 3.63) is 64.9 Å². The molecular formula is C15H17ClN2. The molecule has 94 valence electrons. The predicted octanol–water partition coefficient (Wildman–Crippen LogP) is 3.63. The largest absolute Gasteiger partial charge is 0.310 e. The first-order valence-electron chi connectivity index (χ1n) is 6.18. The van der Waals surface area contributed by atoms with Crippen LogP contribution in [0.15, 0.2) is 48.8 Å². The zero-order valence-corrected chi connectivity index (χ0v) is 11.2. The number of benzene rings is 1. The van der Waals surface area contributed by atoms with Gasteiger partial charge in [0.1, 0.15) is 0 Å². The van der Waals surface area contributed by atoms with E-state index in [0.29, 0.717) is 0 Å². The Balaban J connectivity index is 2.19. The second-order valence-corrected chi connectivity index (χ2v) is 4.60. The Morgan fingerprint density at radius 1 is 1.22 bits per heavy atom. The van der Waals surface area contributed by atoms with Crippen LogP contribution in [0.1, 0.15) is 24.1 Å². The van der Waals surface area contributed by atoms with Crippen LogP contribution in [0, 0.1) is 0 Å². The fraction of sp³-hybridized carbons (Fsp3) is 0.267. The topological polar surface area (TPSA) is 24.9 Å². The second kappa shape index (κ2) is 6.53. The number of aromatic nitrogens is 1. The third kappa shape index (κ3) is 3.31. The molecule has 18 heavy (non-hydrogen) atoms. The van der Waals surface area contributed by atoms with E-state index in [4.69, 9.17) is 11.6 Å². The lowest BCUT2D eigenvalue weighted by molar-refractivity contribution is 0.548. The van der Waals surface area contributed by atoms with Crippen LogP contribution >= 0.6 is 11.6 Å². The number of rotatable bonds is 5. The van der Waals surface area contributed by atoms with Crippen LogP contribution in [0.4, 0.5) is 0 Å². The van der Waals surface area contributed by atoms with Gasteiger partial charge in [-0.3, -0.25) is 4.98 Å². The Hall–Kier alpha value is -1.38. The van der Waals surface area contributed by atoms with E-state index in [0.717, 1.165) is 23.6 Å². The van der Waals surface area contributed by atoms with Gasteiger partial charge in [0.2, 0.25) is 0 Å². The van der Waals surface area contributed by atoms with E-state index >= 15 is 0 Å². The molecule has 1 heterocycles. The maximum absolute atomic E-state index is 6.21. The standard InChI is InChI=1S/C15H17ClN2/c1-2-18-15(13-7-5-9-17-11-13)10-12-6-3-4-8-14(12)16/h3-9,11,15,18H,2,10H2,1H3. The molecule has 0 radical (unpaired) electrons. The van der Waals surface area contributed by atoms with Gasteiger partial charge in [-0.1, -0.05) is 42.8 Å². The molecule has 0 aliphatic heterocycles. The summed E-state index contributed by atoms with van der Waals surface area (Å²) in [6.07, 6.45) is 4.57. The van der Waals surface area contributed by atoms with Gasteiger partial charge in [-0.2, -0.15) is 0 Å². The van der Waals surface area contributed by atoms with Gasteiger partial charge in [0.15, 0.2) is 0 Å². The van der Waals surface area contributed by atoms with Crippen molar-refractivity contribution in [1.82, 2.24) is 10.3 Å². The summed E-state index contributed by atoms with van der Waals surface area (Å²) in [6, 6.07) is 12.3. The molecule has 1 aromatic heterocycles. The minimum absolute atomic E-state index is 0.253. The van der Waals surface area contributed by atoms with Crippen LogP contribution in [-0.2, 0) is 6.42 Å². The molecule has 2 aromatic rings. The molecule has 2 nitrogen and oxygen atoms in total. The number of nitrogens with zero attached hydrogens (tertiary/aromatic N) is 1. The SMILES string of the molecule is CCNC(Cc1ccccc1Cl)c1cccnc1. The van der Waals surface area contributed by atoms with E-state index in [-0.39, 0.29) is 6.04 Å². The minimum atomic E-state index is 0.253. The van der Waals surface area contributed by atoms with E-state index in [1.54, 1.807) is 6.20 Å². The smallest absolute Gasteiger partial charge is 0.0438 e. The van der Waals surface area contributed by atoms with Crippen LogP contribution in [0.3, 0.4) is 0 Å². The Morgan fingerprint density at radius 2 is 2.06 bits per heavy atom. The molecule has 0 saturated heterocycles. The van der Waals surface area contributed by atoms with Crippen molar-refractivity contribution in [1.29, 1.82) is 0 Å². The third-order valence-electron chi connectivity index (χ3n) is 2.92. The molecule has 1 unspecified atom stereocenters. The van der Waals surface area contributed by atoms with Gasteiger partial charge in [0, 0.05) is 23.5 Å². The molecule has 0 saturated carbocycles. The average molecular weight is 261 g/mol. The first-order valence-corrected chi connectivity index (χ1v) is 6.55. The van der Waals surface area contributed by atoms with E-state index in [2.05, 4.69) is 29.4 Å². The zero-order valence-electron chi connectivity index (χ0n) is 10.4. The molecule has 0 bridgehead atoms. The number of halogens is 1. The molecule has 2 rings (SSSR count). The highest BCUT2D eigenvalue weighted by Gasteiger charge is 2.12. The summed E-state index contributed by atoms with van der Waals surface area (Å²) in [6.45, 7) is 3.03. The fourth-order valence-electron chi connectivity index (χ4n) is 2.02. The number of likely N-dealkylation sites (N-methyl/N-ethyl adjacent to an activating group) is 1. The highest BCUT2D eigenvalue weighted by atomic mass is 35.5. The molecule has 0 aliphatic carbocycles. The zero-order chi connectivity index (χ0) is 12.8. The first kappa shape index (κ1) is 13.1. The number of nitrogens with one attached hydrogen (secondary N) is 1. The predicted molar refractivity (Wildman–Crippen MR) is 75.8 cm³/mol. The number of pyridine rings is 1. The maximum atomic E-state index is 6.21. The summed E-state index contributed by atoms with van der Waals surface area (Å²) in [4.78, 5) is 4.18. The Morgan fingerprint density at radius 3 is 2.72 bits per heavy atom. The maximum Gasteiger partial charge on any atom is 0.0438 e. The van der Waals surface area contributed by atoms with E-state index in [1.165, 1.54) is 5.56 Å². The van der Waals surface area contributed by atoms with Gasteiger partial charge < -0.3 is 5.32 Å². The van der Waals surface area contributed by atoms with Crippen molar-refractivity contribution < 1.29 is 0 Å². The molecular weight excluding hydrogens is 244 g/mol. The molecule has 1 aromatic carbocycles. The fourth-order valence-corrected chi connectivity index (χ4v) is 2.23. The first-order chi connectivity index (χ1) is 8.81. The van der Waals surface area contributed by atoms with E-state index < -0.39 is 0 Å². The Labute approximate surface area is 113 Å². The lowest BCUT2D eigenvalue weighted by Crippen LogP contribution is -2.23. The van der Waals surface area contributed by atoms with Crippen molar-refractivity contribution in [3.63, 3.8) is 0 Å². The summed E-state index contributed by atoms with van der Waals surface area (Å²) in [7, 11) is 0. The van der Waals surface area contributed by atoms with E-state index in [9.17, 15) is 0 Å². The monoisotopic (exact) mass is 260 g/mol. The van der Waals surface area contributed by atoms with Gasteiger partial charge in [0.05, 0.1) is 0 Å². The third-order valence-corrected chi connectivity index (χ3v) is 3.29. The van der Waals surface area contributed by atoms with Gasteiger partial charge in [-0.15, -0.1) is 0 Å². The lowest BCUT2D eigenvalue weighted by atomic mass is 10.00. The second-order valence-electron chi connectivity index (χ2n) is 4.19. The molecule has 1 N–H and O–H groups in total. The van der Waals surface area contributed by atoms with Crippen LogP contribution in [-0.4, -0.2) is 11.5 Å².